The minimum atomic E-state index is 0.520. The van der Waals surface area contributed by atoms with E-state index in [0.29, 0.717) is 30.9 Å². The van der Waals surface area contributed by atoms with Crippen molar-refractivity contribution in [1.82, 2.24) is 15.3 Å². The van der Waals surface area contributed by atoms with Crippen molar-refractivity contribution in [2.75, 3.05) is 26.3 Å². The summed E-state index contributed by atoms with van der Waals surface area (Å²) >= 11 is 0. The lowest BCUT2D eigenvalue weighted by atomic mass is 10.0. The highest BCUT2D eigenvalue weighted by atomic mass is 16.5. The minimum Gasteiger partial charge on any atom is -0.477 e. The molecule has 1 N–H and O–H groups in total. The van der Waals surface area contributed by atoms with Crippen LogP contribution in [0.2, 0.25) is 0 Å². The van der Waals surface area contributed by atoms with E-state index in [1.807, 2.05) is 6.92 Å². The molecule has 0 bridgehead atoms. The van der Waals surface area contributed by atoms with E-state index in [9.17, 15) is 0 Å². The average molecular weight is 237 g/mol. The summed E-state index contributed by atoms with van der Waals surface area (Å²) in [5, 5.41) is 3.36. The van der Waals surface area contributed by atoms with E-state index in [0.717, 1.165) is 13.1 Å². The summed E-state index contributed by atoms with van der Waals surface area (Å²) in [6.07, 6.45) is 5.65. The van der Waals surface area contributed by atoms with Gasteiger partial charge in [0, 0.05) is 12.5 Å². The Bertz CT molecular complexity index is 340. The zero-order valence-corrected chi connectivity index (χ0v) is 10.2. The van der Waals surface area contributed by atoms with Gasteiger partial charge in [-0.15, -0.1) is 0 Å². The summed E-state index contributed by atoms with van der Waals surface area (Å²) in [7, 11) is 0. The first kappa shape index (κ1) is 12.1. The maximum atomic E-state index is 5.64. The molecule has 1 fully saturated rings. The van der Waals surface area contributed by atoms with E-state index in [1.165, 1.54) is 12.8 Å². The molecule has 0 spiro atoms. The van der Waals surface area contributed by atoms with Gasteiger partial charge < -0.3 is 14.8 Å². The summed E-state index contributed by atoms with van der Waals surface area (Å²) in [5.74, 6) is 1.63. The first-order valence-corrected chi connectivity index (χ1v) is 6.17. The van der Waals surface area contributed by atoms with Crippen molar-refractivity contribution in [1.29, 1.82) is 0 Å². The number of nitrogens with one attached hydrogen (secondary N) is 1. The fourth-order valence-electron chi connectivity index (χ4n) is 1.89. The van der Waals surface area contributed by atoms with Crippen molar-refractivity contribution in [2.45, 2.75) is 19.8 Å². The molecular formula is C12H19N3O2. The molecule has 0 aromatic carbocycles. The second-order valence-corrected chi connectivity index (χ2v) is 4.15. The molecule has 5 heteroatoms. The van der Waals surface area contributed by atoms with E-state index in [1.54, 1.807) is 12.4 Å². The maximum Gasteiger partial charge on any atom is 0.235 e. The first-order valence-electron chi connectivity index (χ1n) is 6.17. The smallest absolute Gasteiger partial charge is 0.235 e. The van der Waals surface area contributed by atoms with Crippen molar-refractivity contribution in [3.8, 4) is 11.8 Å². The Hall–Kier alpha value is -1.36. The van der Waals surface area contributed by atoms with Crippen LogP contribution in [-0.4, -0.2) is 36.3 Å². The molecule has 1 aliphatic rings. The summed E-state index contributed by atoms with van der Waals surface area (Å²) < 4.78 is 10.9. The molecule has 1 saturated heterocycles. The van der Waals surface area contributed by atoms with Crippen LogP contribution >= 0.6 is 0 Å². The Labute approximate surface area is 102 Å². The number of hydrogen-bond acceptors (Lipinski definition) is 5. The lowest BCUT2D eigenvalue weighted by Gasteiger charge is -2.22. The SMILES string of the molecule is CCOc1cncc(OCC2CCCNC2)n1. The lowest BCUT2D eigenvalue weighted by Crippen LogP contribution is -2.33. The van der Waals surface area contributed by atoms with Crippen LogP contribution in [0.1, 0.15) is 19.8 Å². The third kappa shape index (κ3) is 3.85. The molecule has 1 atom stereocenters. The predicted octanol–water partition coefficient (Wildman–Crippen LogP) is 1.25. The number of rotatable bonds is 5. The van der Waals surface area contributed by atoms with E-state index >= 15 is 0 Å². The minimum absolute atomic E-state index is 0.520. The second kappa shape index (κ2) is 6.39. The van der Waals surface area contributed by atoms with Crippen LogP contribution in [0.4, 0.5) is 0 Å². The maximum absolute atomic E-state index is 5.64. The van der Waals surface area contributed by atoms with Gasteiger partial charge >= 0.3 is 0 Å². The Morgan fingerprint density at radius 3 is 2.88 bits per heavy atom. The number of ether oxygens (including phenoxy) is 2. The third-order valence-electron chi connectivity index (χ3n) is 2.75. The Balaban J connectivity index is 1.83. The van der Waals surface area contributed by atoms with E-state index in [-0.39, 0.29) is 0 Å². The zero-order chi connectivity index (χ0) is 11.9. The summed E-state index contributed by atoms with van der Waals surface area (Å²) in [6.45, 7) is 5.35. The Kier molecular flexibility index (Phi) is 4.55. The predicted molar refractivity (Wildman–Crippen MR) is 64.3 cm³/mol. The number of aromatic nitrogens is 2. The van der Waals surface area contributed by atoms with Crippen molar-refractivity contribution in [2.24, 2.45) is 5.92 Å². The van der Waals surface area contributed by atoms with Gasteiger partial charge in [0.2, 0.25) is 11.8 Å². The molecule has 1 aromatic heterocycles. The molecule has 5 nitrogen and oxygen atoms in total. The van der Waals surface area contributed by atoms with Crippen LogP contribution in [-0.2, 0) is 0 Å². The fraction of sp³-hybridized carbons (Fsp3) is 0.667. The highest BCUT2D eigenvalue weighted by Crippen LogP contribution is 2.14. The third-order valence-corrected chi connectivity index (χ3v) is 2.75. The Morgan fingerprint density at radius 1 is 1.35 bits per heavy atom. The molecule has 0 amide bonds. The molecule has 1 aliphatic heterocycles. The normalized spacial score (nSPS) is 19.9. The van der Waals surface area contributed by atoms with Gasteiger partial charge in [-0.3, -0.25) is 4.98 Å². The van der Waals surface area contributed by atoms with Gasteiger partial charge in [-0.25, -0.2) is 0 Å². The summed E-state index contributed by atoms with van der Waals surface area (Å²) in [6, 6.07) is 0. The summed E-state index contributed by atoms with van der Waals surface area (Å²) in [5.41, 5.74) is 0. The van der Waals surface area contributed by atoms with Gasteiger partial charge in [-0.2, -0.15) is 4.98 Å². The van der Waals surface area contributed by atoms with E-state index in [4.69, 9.17) is 9.47 Å². The molecule has 0 saturated carbocycles. The van der Waals surface area contributed by atoms with Crippen LogP contribution in [0.5, 0.6) is 11.8 Å². The monoisotopic (exact) mass is 237 g/mol. The van der Waals surface area contributed by atoms with Crippen molar-refractivity contribution in [3.63, 3.8) is 0 Å². The average Bonchev–Trinajstić information content (AvgIpc) is 2.39. The number of nitrogens with zero attached hydrogens (tertiary/aromatic N) is 2. The van der Waals surface area contributed by atoms with Crippen LogP contribution in [0.3, 0.4) is 0 Å². The Morgan fingerprint density at radius 2 is 2.18 bits per heavy atom. The largest absolute Gasteiger partial charge is 0.477 e. The van der Waals surface area contributed by atoms with Gasteiger partial charge in [0.15, 0.2) is 0 Å². The van der Waals surface area contributed by atoms with Crippen LogP contribution in [0.25, 0.3) is 0 Å². The second-order valence-electron chi connectivity index (χ2n) is 4.15. The number of hydrogen-bond donors (Lipinski definition) is 1. The molecule has 94 valence electrons. The van der Waals surface area contributed by atoms with Gasteiger partial charge in [0.05, 0.1) is 25.6 Å². The first-order chi connectivity index (χ1) is 8.38. The van der Waals surface area contributed by atoms with Crippen molar-refractivity contribution in [3.05, 3.63) is 12.4 Å². The van der Waals surface area contributed by atoms with E-state index in [2.05, 4.69) is 15.3 Å². The van der Waals surface area contributed by atoms with E-state index < -0.39 is 0 Å². The van der Waals surface area contributed by atoms with Crippen molar-refractivity contribution >= 4 is 0 Å². The van der Waals surface area contributed by atoms with Gasteiger partial charge in [-0.05, 0) is 26.3 Å². The highest BCUT2D eigenvalue weighted by molar-refractivity contribution is 5.12. The van der Waals surface area contributed by atoms with Crippen LogP contribution in [0, 0.1) is 5.92 Å². The molecule has 2 rings (SSSR count). The molecule has 0 radical (unpaired) electrons. The molecule has 1 aromatic rings. The number of piperidine rings is 1. The fourth-order valence-corrected chi connectivity index (χ4v) is 1.89. The van der Waals surface area contributed by atoms with Gasteiger partial charge in [-0.1, -0.05) is 0 Å². The zero-order valence-electron chi connectivity index (χ0n) is 10.2. The topological polar surface area (TPSA) is 56.3 Å². The molecular weight excluding hydrogens is 218 g/mol. The quantitative estimate of drug-likeness (QED) is 0.835. The summed E-state index contributed by atoms with van der Waals surface area (Å²) in [4.78, 5) is 8.26. The lowest BCUT2D eigenvalue weighted by molar-refractivity contribution is 0.208. The standard InChI is InChI=1S/C12H19N3O2/c1-2-16-11-7-14-8-12(15-11)17-9-10-4-3-5-13-6-10/h7-8,10,13H,2-6,9H2,1H3. The van der Waals surface area contributed by atoms with Gasteiger partial charge in [0.25, 0.3) is 0 Å². The van der Waals surface area contributed by atoms with Crippen LogP contribution < -0.4 is 14.8 Å². The molecule has 1 unspecified atom stereocenters. The van der Waals surface area contributed by atoms with Crippen molar-refractivity contribution < 1.29 is 9.47 Å². The molecule has 17 heavy (non-hydrogen) atoms. The van der Waals surface area contributed by atoms with Gasteiger partial charge in [0.1, 0.15) is 0 Å². The molecule has 0 aliphatic carbocycles. The molecule has 2 heterocycles. The highest BCUT2D eigenvalue weighted by Gasteiger charge is 2.13. The van der Waals surface area contributed by atoms with Crippen LogP contribution in [0.15, 0.2) is 12.4 Å².